The number of hydrogen-bond acceptors (Lipinski definition) is 5. The maximum atomic E-state index is 13.2. The molecule has 0 saturated heterocycles. The van der Waals surface area contributed by atoms with E-state index in [9.17, 15) is 4.79 Å². The van der Waals surface area contributed by atoms with Gasteiger partial charge in [0.1, 0.15) is 11.9 Å². The number of anilines is 1. The second kappa shape index (κ2) is 12.2. The molecule has 36 heavy (non-hydrogen) atoms. The molecule has 1 fully saturated rings. The number of hydrogen-bond donors (Lipinski definition) is 3. The van der Waals surface area contributed by atoms with E-state index >= 15 is 0 Å². The molecule has 1 aromatic rings. The lowest BCUT2D eigenvalue weighted by molar-refractivity contribution is -0.118. The van der Waals surface area contributed by atoms with Gasteiger partial charge in [0.15, 0.2) is 5.84 Å². The summed E-state index contributed by atoms with van der Waals surface area (Å²) in [6, 6.07) is 8.34. The number of nitrogens with one attached hydrogen (secondary N) is 3. The van der Waals surface area contributed by atoms with E-state index in [0.29, 0.717) is 23.4 Å². The Bertz CT molecular complexity index is 945. The molecule has 3 unspecified atom stereocenters. The number of rotatable bonds is 11. The van der Waals surface area contributed by atoms with E-state index in [1.807, 2.05) is 5.01 Å². The van der Waals surface area contributed by atoms with Gasteiger partial charge in [0.2, 0.25) is 0 Å². The van der Waals surface area contributed by atoms with Crippen molar-refractivity contribution in [2.75, 3.05) is 11.9 Å². The number of benzene rings is 1. The normalized spacial score (nSPS) is 22.2. The van der Waals surface area contributed by atoms with Gasteiger partial charge in [-0.25, -0.2) is 5.01 Å². The van der Waals surface area contributed by atoms with Crippen molar-refractivity contribution in [2.45, 2.75) is 98.6 Å². The van der Waals surface area contributed by atoms with E-state index in [0.717, 1.165) is 48.2 Å². The lowest BCUT2D eigenvalue weighted by Crippen LogP contribution is -2.48. The molecular formula is C30H47N5O. The highest BCUT2D eigenvalue weighted by Crippen LogP contribution is 2.33. The van der Waals surface area contributed by atoms with Gasteiger partial charge in [0.05, 0.1) is 0 Å². The average molecular weight is 494 g/mol. The van der Waals surface area contributed by atoms with Crippen LogP contribution in [-0.4, -0.2) is 29.5 Å². The highest BCUT2D eigenvalue weighted by atomic mass is 16.2. The molecule has 4 rings (SSSR count). The Kier molecular flexibility index (Phi) is 8.97. The molecule has 3 N–H and O–H groups in total. The van der Waals surface area contributed by atoms with Crippen molar-refractivity contribution in [1.29, 1.82) is 0 Å². The smallest absolute Gasteiger partial charge is 0.276 e. The molecule has 0 aromatic heterocycles. The first-order valence-corrected chi connectivity index (χ1v) is 14.4. The predicted molar refractivity (Wildman–Crippen MR) is 149 cm³/mol. The fraction of sp³-hybridized carbons (Fsp3) is 0.667. The summed E-state index contributed by atoms with van der Waals surface area (Å²) in [5, 5.41) is 17.2. The summed E-state index contributed by atoms with van der Waals surface area (Å²) in [6.45, 7) is 12.4. The standard InChI is InChI=1S/C30H47N5O/c1-6-23(20(3)4)14-13-21(5)29-32-26(7-2)27-30(36)33-28(34-35(27)29)24-15-17-25(18-16-24)31-19-22-11-9-8-10-12-22/h15-18,20-23,29,31-32H,6-14,19H2,1-5H3,(H,33,34,36). The summed E-state index contributed by atoms with van der Waals surface area (Å²) in [5.41, 5.74) is 3.74. The van der Waals surface area contributed by atoms with Gasteiger partial charge < -0.3 is 16.0 Å². The van der Waals surface area contributed by atoms with Crippen LogP contribution in [0.4, 0.5) is 5.69 Å². The fourth-order valence-electron chi connectivity index (χ4n) is 6.06. The molecule has 3 aliphatic rings. The third-order valence-electron chi connectivity index (χ3n) is 8.59. The minimum Gasteiger partial charge on any atom is -0.385 e. The Labute approximate surface area is 218 Å². The summed E-state index contributed by atoms with van der Waals surface area (Å²) >= 11 is 0. The quantitative estimate of drug-likeness (QED) is 0.333. The zero-order valence-corrected chi connectivity index (χ0v) is 23.1. The van der Waals surface area contributed by atoms with Gasteiger partial charge in [-0.1, -0.05) is 60.3 Å². The van der Waals surface area contributed by atoms with Crippen LogP contribution < -0.4 is 16.0 Å². The van der Waals surface area contributed by atoms with Crippen molar-refractivity contribution in [1.82, 2.24) is 15.6 Å². The van der Waals surface area contributed by atoms with Crippen molar-refractivity contribution in [3.8, 4) is 0 Å². The number of carbonyl (C=O) groups is 1. The Morgan fingerprint density at radius 1 is 1.06 bits per heavy atom. The lowest BCUT2D eigenvalue weighted by atomic mass is 9.86. The third-order valence-corrected chi connectivity index (χ3v) is 8.59. The molecule has 2 heterocycles. The van der Waals surface area contributed by atoms with Gasteiger partial charge >= 0.3 is 0 Å². The van der Waals surface area contributed by atoms with E-state index in [4.69, 9.17) is 5.10 Å². The van der Waals surface area contributed by atoms with Crippen LogP contribution >= 0.6 is 0 Å². The van der Waals surface area contributed by atoms with Crippen molar-refractivity contribution < 1.29 is 4.79 Å². The largest absolute Gasteiger partial charge is 0.385 e. The van der Waals surface area contributed by atoms with E-state index in [-0.39, 0.29) is 12.1 Å². The second-order valence-corrected chi connectivity index (χ2v) is 11.4. The SMILES string of the molecule is CCC1=C2C(=O)NC(c3ccc(NCC4CCCCC4)cc3)=NN2C(C(C)CCC(CC)C(C)C)N1. The van der Waals surface area contributed by atoms with Gasteiger partial charge in [-0.05, 0) is 80.0 Å². The van der Waals surface area contributed by atoms with E-state index in [2.05, 4.69) is 74.8 Å². The highest BCUT2D eigenvalue weighted by Gasteiger charge is 2.40. The zero-order valence-electron chi connectivity index (χ0n) is 23.1. The summed E-state index contributed by atoms with van der Waals surface area (Å²) in [6.07, 6.45) is 11.1. The first-order chi connectivity index (χ1) is 17.4. The van der Waals surface area contributed by atoms with Crippen LogP contribution in [0.5, 0.6) is 0 Å². The number of nitrogens with zero attached hydrogens (tertiary/aromatic N) is 2. The molecule has 6 heteroatoms. The summed E-state index contributed by atoms with van der Waals surface area (Å²) in [7, 11) is 0. The van der Waals surface area contributed by atoms with E-state index in [1.165, 1.54) is 44.9 Å². The fourth-order valence-corrected chi connectivity index (χ4v) is 6.06. The Morgan fingerprint density at radius 2 is 1.78 bits per heavy atom. The van der Waals surface area contributed by atoms with Crippen LogP contribution in [-0.2, 0) is 4.79 Å². The van der Waals surface area contributed by atoms with Gasteiger partial charge in [0.25, 0.3) is 5.91 Å². The van der Waals surface area contributed by atoms with Crippen LogP contribution in [0.2, 0.25) is 0 Å². The Morgan fingerprint density at radius 3 is 2.42 bits per heavy atom. The molecule has 1 aromatic carbocycles. The van der Waals surface area contributed by atoms with Crippen molar-refractivity contribution in [2.24, 2.45) is 28.8 Å². The lowest BCUT2D eigenvalue weighted by Gasteiger charge is -2.32. The molecule has 3 atom stereocenters. The first-order valence-electron chi connectivity index (χ1n) is 14.4. The number of allylic oxidation sites excluding steroid dienone is 1. The molecule has 198 valence electrons. The number of amidine groups is 1. The van der Waals surface area contributed by atoms with Gasteiger partial charge in [0, 0.05) is 23.5 Å². The van der Waals surface area contributed by atoms with Crippen LogP contribution in [0.1, 0.15) is 98.0 Å². The van der Waals surface area contributed by atoms with Gasteiger partial charge in [-0.3, -0.25) is 4.79 Å². The summed E-state index contributed by atoms with van der Waals surface area (Å²) < 4.78 is 0. The number of fused-ring (bicyclic) bond motifs is 1. The Hall–Kier alpha value is -2.50. The average Bonchev–Trinajstić information content (AvgIpc) is 3.28. The first kappa shape index (κ1) is 26.6. The predicted octanol–water partition coefficient (Wildman–Crippen LogP) is 6.42. The molecule has 0 radical (unpaired) electrons. The van der Waals surface area contributed by atoms with Crippen LogP contribution in [0, 0.1) is 23.7 Å². The van der Waals surface area contributed by atoms with Crippen LogP contribution in [0.3, 0.4) is 0 Å². The van der Waals surface area contributed by atoms with Gasteiger partial charge in [-0.15, -0.1) is 0 Å². The number of carbonyl (C=O) groups excluding carboxylic acids is 1. The molecular weight excluding hydrogens is 446 g/mol. The molecule has 1 amide bonds. The number of amides is 1. The van der Waals surface area contributed by atoms with E-state index in [1.54, 1.807) is 0 Å². The van der Waals surface area contributed by atoms with Crippen molar-refractivity contribution >= 4 is 17.4 Å². The minimum atomic E-state index is -0.0628. The monoisotopic (exact) mass is 493 g/mol. The third kappa shape index (κ3) is 6.07. The molecule has 0 bridgehead atoms. The summed E-state index contributed by atoms with van der Waals surface area (Å²) in [4.78, 5) is 13.2. The molecule has 1 aliphatic carbocycles. The summed E-state index contributed by atoms with van der Waals surface area (Å²) in [5.74, 6) is 3.16. The molecule has 6 nitrogen and oxygen atoms in total. The zero-order chi connectivity index (χ0) is 25.7. The van der Waals surface area contributed by atoms with Crippen LogP contribution in [0.25, 0.3) is 0 Å². The molecule has 2 aliphatic heterocycles. The maximum absolute atomic E-state index is 13.2. The second-order valence-electron chi connectivity index (χ2n) is 11.4. The van der Waals surface area contributed by atoms with E-state index < -0.39 is 0 Å². The highest BCUT2D eigenvalue weighted by molar-refractivity contribution is 6.14. The minimum absolute atomic E-state index is 0.0112. The Balaban J connectivity index is 1.46. The van der Waals surface area contributed by atoms with Crippen molar-refractivity contribution in [3.05, 3.63) is 41.2 Å². The van der Waals surface area contributed by atoms with Crippen molar-refractivity contribution in [3.63, 3.8) is 0 Å². The molecule has 1 saturated carbocycles. The maximum Gasteiger partial charge on any atom is 0.276 e. The van der Waals surface area contributed by atoms with Gasteiger partial charge in [-0.2, -0.15) is 5.10 Å². The molecule has 0 spiro atoms. The van der Waals surface area contributed by atoms with Crippen LogP contribution in [0.15, 0.2) is 40.8 Å². The number of hydrazone groups is 1. The topological polar surface area (TPSA) is 68.8 Å².